The highest BCUT2D eigenvalue weighted by atomic mass is 32.2. The lowest BCUT2D eigenvalue weighted by molar-refractivity contribution is 0.587. The third-order valence-corrected chi connectivity index (χ3v) is 4.02. The van der Waals surface area contributed by atoms with Crippen LogP contribution >= 0.6 is 11.8 Å². The van der Waals surface area contributed by atoms with Crippen molar-refractivity contribution in [3.63, 3.8) is 0 Å². The first-order valence-corrected chi connectivity index (χ1v) is 7.49. The van der Waals surface area contributed by atoms with Gasteiger partial charge in [0.15, 0.2) is 0 Å². The largest absolute Gasteiger partial charge is 0.310 e. The first kappa shape index (κ1) is 15.0. The molecule has 0 amide bonds. The van der Waals surface area contributed by atoms with Crippen LogP contribution in [0, 0.1) is 12.7 Å². The number of halogens is 1. The second-order valence-electron chi connectivity index (χ2n) is 5.03. The molecule has 0 fully saturated rings. The van der Waals surface area contributed by atoms with Crippen LogP contribution in [0.4, 0.5) is 4.39 Å². The van der Waals surface area contributed by atoms with Crippen LogP contribution in [0.5, 0.6) is 0 Å². The molecule has 0 bridgehead atoms. The van der Waals surface area contributed by atoms with Gasteiger partial charge in [-0.15, -0.1) is 0 Å². The standard InChI is InChI=1S/C16H19FN2S/c1-11(2)18-9-13-8-12(3)16(19-10-13)20-15-7-5-4-6-14(15)17/h4-8,10-11,18H,9H2,1-3H3. The highest BCUT2D eigenvalue weighted by molar-refractivity contribution is 7.99. The molecule has 0 atom stereocenters. The summed E-state index contributed by atoms with van der Waals surface area (Å²) in [4.78, 5) is 5.06. The van der Waals surface area contributed by atoms with E-state index in [1.54, 1.807) is 12.1 Å². The number of aromatic nitrogens is 1. The van der Waals surface area contributed by atoms with Gasteiger partial charge in [-0.1, -0.05) is 43.8 Å². The number of benzene rings is 1. The average molecular weight is 290 g/mol. The molecule has 1 aromatic carbocycles. The maximum atomic E-state index is 13.6. The number of nitrogens with zero attached hydrogens (tertiary/aromatic N) is 1. The van der Waals surface area contributed by atoms with Crippen molar-refractivity contribution in [2.75, 3.05) is 0 Å². The number of pyridine rings is 1. The van der Waals surface area contributed by atoms with Crippen molar-refractivity contribution in [3.05, 3.63) is 53.5 Å². The fourth-order valence-electron chi connectivity index (χ4n) is 1.78. The molecule has 0 spiro atoms. The highest BCUT2D eigenvalue weighted by Gasteiger charge is 2.08. The molecule has 0 unspecified atom stereocenters. The number of hydrogen-bond donors (Lipinski definition) is 1. The Morgan fingerprint density at radius 3 is 2.70 bits per heavy atom. The Hall–Kier alpha value is -1.39. The zero-order valence-corrected chi connectivity index (χ0v) is 12.8. The van der Waals surface area contributed by atoms with Gasteiger partial charge in [0.2, 0.25) is 0 Å². The minimum absolute atomic E-state index is 0.204. The molecule has 2 aromatic rings. The number of nitrogens with one attached hydrogen (secondary N) is 1. The lowest BCUT2D eigenvalue weighted by Gasteiger charge is -2.10. The molecular formula is C16H19FN2S. The lowest BCUT2D eigenvalue weighted by atomic mass is 10.2. The molecule has 0 radical (unpaired) electrons. The van der Waals surface area contributed by atoms with E-state index in [4.69, 9.17) is 0 Å². The van der Waals surface area contributed by atoms with Gasteiger partial charge in [-0.3, -0.25) is 0 Å². The molecule has 0 saturated carbocycles. The monoisotopic (exact) mass is 290 g/mol. The summed E-state index contributed by atoms with van der Waals surface area (Å²) in [6.07, 6.45) is 1.85. The Morgan fingerprint density at radius 1 is 1.30 bits per heavy atom. The van der Waals surface area contributed by atoms with Gasteiger partial charge in [0, 0.05) is 23.7 Å². The van der Waals surface area contributed by atoms with Crippen molar-refractivity contribution in [2.24, 2.45) is 0 Å². The van der Waals surface area contributed by atoms with E-state index in [9.17, 15) is 4.39 Å². The normalized spacial score (nSPS) is 11.1. The smallest absolute Gasteiger partial charge is 0.137 e. The van der Waals surface area contributed by atoms with Crippen LogP contribution < -0.4 is 5.32 Å². The molecule has 1 N–H and O–H groups in total. The Balaban J connectivity index is 2.12. The summed E-state index contributed by atoms with van der Waals surface area (Å²) in [5.74, 6) is -0.204. The van der Waals surface area contributed by atoms with Crippen molar-refractivity contribution in [1.82, 2.24) is 10.3 Å². The topological polar surface area (TPSA) is 24.9 Å². The van der Waals surface area contributed by atoms with Crippen LogP contribution in [0.1, 0.15) is 25.0 Å². The summed E-state index contributed by atoms with van der Waals surface area (Å²) < 4.78 is 13.6. The van der Waals surface area contributed by atoms with E-state index in [-0.39, 0.29) is 5.82 Å². The average Bonchev–Trinajstić information content (AvgIpc) is 2.41. The van der Waals surface area contributed by atoms with Crippen LogP contribution in [0.2, 0.25) is 0 Å². The number of rotatable bonds is 5. The Kier molecular flexibility index (Phi) is 5.15. The second-order valence-corrected chi connectivity index (χ2v) is 6.06. The van der Waals surface area contributed by atoms with Crippen molar-refractivity contribution in [2.45, 2.75) is 43.3 Å². The van der Waals surface area contributed by atoms with Crippen LogP contribution in [0.25, 0.3) is 0 Å². The van der Waals surface area contributed by atoms with Gasteiger partial charge in [0.05, 0.1) is 0 Å². The molecule has 1 heterocycles. The number of aryl methyl sites for hydroxylation is 1. The van der Waals surface area contributed by atoms with Crippen LogP contribution in [-0.2, 0) is 6.54 Å². The van der Waals surface area contributed by atoms with Crippen molar-refractivity contribution in [1.29, 1.82) is 0 Å². The van der Waals surface area contributed by atoms with E-state index in [0.717, 1.165) is 22.7 Å². The second kappa shape index (κ2) is 6.86. The molecule has 2 nitrogen and oxygen atoms in total. The third kappa shape index (κ3) is 4.05. The van der Waals surface area contributed by atoms with E-state index >= 15 is 0 Å². The summed E-state index contributed by atoms with van der Waals surface area (Å²) >= 11 is 1.37. The minimum atomic E-state index is -0.204. The maximum absolute atomic E-state index is 13.6. The predicted molar refractivity (Wildman–Crippen MR) is 81.5 cm³/mol. The Labute approximate surface area is 123 Å². The Morgan fingerprint density at radius 2 is 2.05 bits per heavy atom. The molecule has 1 aromatic heterocycles. The van der Waals surface area contributed by atoms with Gasteiger partial charge < -0.3 is 5.32 Å². The SMILES string of the molecule is Cc1cc(CNC(C)C)cnc1Sc1ccccc1F. The fourth-order valence-corrected chi connectivity index (χ4v) is 2.62. The van der Waals surface area contributed by atoms with Crippen LogP contribution in [-0.4, -0.2) is 11.0 Å². The van der Waals surface area contributed by atoms with Gasteiger partial charge in [0.1, 0.15) is 10.8 Å². The Bertz CT molecular complexity index is 584. The zero-order valence-electron chi connectivity index (χ0n) is 12.0. The first-order chi connectivity index (χ1) is 9.56. The zero-order chi connectivity index (χ0) is 14.5. The van der Waals surface area contributed by atoms with E-state index in [1.165, 1.54) is 17.8 Å². The van der Waals surface area contributed by atoms with Gasteiger partial charge in [0.25, 0.3) is 0 Å². The van der Waals surface area contributed by atoms with Crippen LogP contribution in [0.15, 0.2) is 46.5 Å². The fraction of sp³-hybridized carbons (Fsp3) is 0.312. The van der Waals surface area contributed by atoms with Gasteiger partial charge in [-0.2, -0.15) is 0 Å². The third-order valence-electron chi connectivity index (χ3n) is 2.84. The maximum Gasteiger partial charge on any atom is 0.137 e. The predicted octanol–water partition coefficient (Wildman–Crippen LogP) is 4.18. The van der Waals surface area contributed by atoms with E-state index in [2.05, 4.69) is 30.2 Å². The molecule has 20 heavy (non-hydrogen) atoms. The molecule has 4 heteroatoms. The van der Waals surface area contributed by atoms with Crippen molar-refractivity contribution < 1.29 is 4.39 Å². The quantitative estimate of drug-likeness (QED) is 0.894. The van der Waals surface area contributed by atoms with Gasteiger partial charge in [-0.25, -0.2) is 9.37 Å². The summed E-state index contributed by atoms with van der Waals surface area (Å²) in [5, 5.41) is 4.21. The van der Waals surface area contributed by atoms with E-state index in [1.807, 2.05) is 19.2 Å². The van der Waals surface area contributed by atoms with Gasteiger partial charge in [-0.05, 0) is 30.2 Å². The summed E-state index contributed by atoms with van der Waals surface area (Å²) in [5.41, 5.74) is 2.22. The van der Waals surface area contributed by atoms with E-state index < -0.39 is 0 Å². The molecular weight excluding hydrogens is 271 g/mol. The highest BCUT2D eigenvalue weighted by Crippen LogP contribution is 2.30. The summed E-state index contributed by atoms with van der Waals surface area (Å²) in [6, 6.07) is 9.32. The summed E-state index contributed by atoms with van der Waals surface area (Å²) in [7, 11) is 0. The van der Waals surface area contributed by atoms with Crippen molar-refractivity contribution >= 4 is 11.8 Å². The van der Waals surface area contributed by atoms with Crippen molar-refractivity contribution in [3.8, 4) is 0 Å². The molecule has 2 rings (SSSR count). The lowest BCUT2D eigenvalue weighted by Crippen LogP contribution is -2.21. The first-order valence-electron chi connectivity index (χ1n) is 6.67. The molecule has 0 aliphatic heterocycles. The molecule has 0 aliphatic carbocycles. The molecule has 106 valence electrons. The minimum Gasteiger partial charge on any atom is -0.310 e. The van der Waals surface area contributed by atoms with Crippen LogP contribution in [0.3, 0.4) is 0 Å². The van der Waals surface area contributed by atoms with E-state index in [0.29, 0.717) is 10.9 Å². The summed E-state index contributed by atoms with van der Waals surface area (Å²) in [6.45, 7) is 7.04. The molecule has 0 saturated heterocycles. The van der Waals surface area contributed by atoms with Gasteiger partial charge >= 0.3 is 0 Å². The molecule has 0 aliphatic rings. The number of hydrogen-bond acceptors (Lipinski definition) is 3.